The highest BCUT2D eigenvalue weighted by atomic mass is 19.1. The van der Waals surface area contributed by atoms with Gasteiger partial charge in [0.25, 0.3) is 0 Å². The van der Waals surface area contributed by atoms with E-state index in [1.54, 1.807) is 6.07 Å². The van der Waals surface area contributed by atoms with E-state index in [0.29, 0.717) is 72.8 Å². The number of benzene rings is 2. The molecule has 2 aliphatic rings. The van der Waals surface area contributed by atoms with Crippen molar-refractivity contribution in [2.45, 2.75) is 51.5 Å². The number of carboxylic acids is 2. The van der Waals surface area contributed by atoms with Crippen LogP contribution in [-0.2, 0) is 38.5 Å². The topological polar surface area (TPSA) is 225 Å². The van der Waals surface area contributed by atoms with Gasteiger partial charge in [0.1, 0.15) is 11.5 Å². The molecule has 2 aromatic carbocycles. The maximum Gasteiger partial charge on any atom is 0.335 e. The number of imidazole rings is 1. The number of aliphatic carboxylic acids is 2. The summed E-state index contributed by atoms with van der Waals surface area (Å²) in [4.78, 5) is 44.4. The van der Waals surface area contributed by atoms with E-state index in [-0.39, 0.29) is 17.4 Å². The van der Waals surface area contributed by atoms with E-state index < -0.39 is 41.5 Å². The number of hydrogen-bond acceptors (Lipinski definition) is 10. The molecule has 1 saturated heterocycles. The molecule has 17 heteroatoms. The number of carbonyl (C=O) groups is 3. The SMILES string of the molecule is CCc1cc(O)c(F)cc1-c1cc(F)c2c(-c3nc4c([nH]3)CN(C(=O)CN3CCO[C@H](C)C3)CC4)n[nH]c2c1.O=C(O)C(O)C(O)C(=O)O. The molecule has 2 unspecified atom stereocenters. The second-order valence-electron chi connectivity index (χ2n) is 11.8. The molecule has 2 aliphatic heterocycles. The average Bonchev–Trinajstić information content (AvgIpc) is 3.69. The minimum Gasteiger partial charge on any atom is -0.505 e. The molecule has 0 spiro atoms. The number of aromatic amines is 2. The first-order valence-electron chi connectivity index (χ1n) is 15.5. The van der Waals surface area contributed by atoms with E-state index in [1.807, 2.05) is 18.7 Å². The van der Waals surface area contributed by atoms with Crippen molar-refractivity contribution in [1.82, 2.24) is 30.0 Å². The monoisotopic (exact) mass is 686 g/mol. The van der Waals surface area contributed by atoms with Crippen molar-refractivity contribution in [2.75, 3.05) is 32.8 Å². The Balaban J connectivity index is 0.000000409. The number of morpholine rings is 1. The van der Waals surface area contributed by atoms with Gasteiger partial charge in [0, 0.05) is 26.1 Å². The molecule has 0 saturated carbocycles. The molecule has 0 bridgehead atoms. The van der Waals surface area contributed by atoms with Crippen LogP contribution >= 0.6 is 0 Å². The number of ether oxygens (including phenoxy) is 1. The summed E-state index contributed by atoms with van der Waals surface area (Å²) in [6, 6.07) is 5.66. The summed E-state index contributed by atoms with van der Waals surface area (Å²) < 4.78 is 35.2. The molecule has 0 radical (unpaired) electrons. The molecular weight excluding hydrogens is 650 g/mol. The zero-order valence-corrected chi connectivity index (χ0v) is 26.6. The summed E-state index contributed by atoms with van der Waals surface area (Å²) in [5.74, 6) is -4.76. The van der Waals surface area contributed by atoms with Crippen LogP contribution in [0.15, 0.2) is 24.3 Å². The lowest BCUT2D eigenvalue weighted by Crippen LogP contribution is -2.48. The van der Waals surface area contributed by atoms with Gasteiger partial charge in [0.15, 0.2) is 29.6 Å². The lowest BCUT2D eigenvalue weighted by molar-refractivity contribution is -0.165. The maximum atomic E-state index is 15.5. The average molecular weight is 687 g/mol. The number of carbonyl (C=O) groups excluding carboxylic acids is 1. The smallest absolute Gasteiger partial charge is 0.335 e. The number of hydrogen-bond donors (Lipinski definition) is 7. The quantitative estimate of drug-likeness (QED) is 0.141. The molecule has 2 aromatic heterocycles. The zero-order chi connectivity index (χ0) is 35.6. The Morgan fingerprint density at radius 3 is 2.43 bits per heavy atom. The van der Waals surface area contributed by atoms with E-state index in [1.165, 1.54) is 18.2 Å². The van der Waals surface area contributed by atoms with Gasteiger partial charge < -0.3 is 40.2 Å². The van der Waals surface area contributed by atoms with E-state index in [4.69, 9.17) is 25.2 Å². The number of aryl methyl sites for hydroxylation is 1. The molecule has 4 aromatic rings. The fourth-order valence-electron chi connectivity index (χ4n) is 5.82. The van der Waals surface area contributed by atoms with Gasteiger partial charge >= 0.3 is 11.9 Å². The zero-order valence-electron chi connectivity index (χ0n) is 26.6. The van der Waals surface area contributed by atoms with Crippen molar-refractivity contribution in [1.29, 1.82) is 0 Å². The minimum absolute atomic E-state index is 0.0619. The third kappa shape index (κ3) is 7.69. The van der Waals surface area contributed by atoms with Crippen LogP contribution in [0.25, 0.3) is 33.5 Å². The number of nitrogens with one attached hydrogen (secondary N) is 2. The van der Waals surface area contributed by atoms with Crippen molar-refractivity contribution in [2.24, 2.45) is 0 Å². The van der Waals surface area contributed by atoms with Gasteiger partial charge in [-0.2, -0.15) is 5.10 Å². The molecule has 6 rings (SSSR count). The first-order valence-corrected chi connectivity index (χ1v) is 15.5. The number of rotatable bonds is 8. The van der Waals surface area contributed by atoms with Crippen molar-refractivity contribution in [3.8, 4) is 28.4 Å². The number of amides is 1. The van der Waals surface area contributed by atoms with E-state index >= 15 is 4.39 Å². The summed E-state index contributed by atoms with van der Waals surface area (Å²) in [7, 11) is 0. The van der Waals surface area contributed by atoms with Crippen LogP contribution in [0.2, 0.25) is 0 Å². The normalized spacial score (nSPS) is 17.6. The predicted octanol–water partition coefficient (Wildman–Crippen LogP) is 1.65. The molecule has 4 heterocycles. The van der Waals surface area contributed by atoms with Gasteiger partial charge in [-0.25, -0.2) is 23.4 Å². The maximum absolute atomic E-state index is 15.5. The number of aromatic hydroxyl groups is 1. The Kier molecular flexibility index (Phi) is 10.6. The van der Waals surface area contributed by atoms with Gasteiger partial charge in [0.05, 0.1) is 48.1 Å². The van der Waals surface area contributed by atoms with E-state index in [2.05, 4.69) is 25.1 Å². The van der Waals surface area contributed by atoms with Gasteiger partial charge in [-0.15, -0.1) is 0 Å². The van der Waals surface area contributed by atoms with Gasteiger partial charge in [-0.1, -0.05) is 6.92 Å². The Morgan fingerprint density at radius 1 is 1.06 bits per heavy atom. The van der Waals surface area contributed by atoms with Gasteiger partial charge in [-0.3, -0.25) is 14.8 Å². The summed E-state index contributed by atoms with van der Waals surface area (Å²) in [6.07, 6.45) is -3.28. The van der Waals surface area contributed by atoms with E-state index in [0.717, 1.165) is 24.5 Å². The third-order valence-corrected chi connectivity index (χ3v) is 8.38. The largest absolute Gasteiger partial charge is 0.505 e. The number of aliphatic hydroxyl groups is 2. The van der Waals surface area contributed by atoms with Crippen LogP contribution in [0, 0.1) is 11.6 Å². The first kappa shape index (κ1) is 35.3. The summed E-state index contributed by atoms with van der Waals surface area (Å²) >= 11 is 0. The van der Waals surface area contributed by atoms with Crippen LogP contribution in [0.4, 0.5) is 8.78 Å². The van der Waals surface area contributed by atoms with Gasteiger partial charge in [0.2, 0.25) is 5.91 Å². The Hall–Kier alpha value is -4.97. The molecule has 49 heavy (non-hydrogen) atoms. The third-order valence-electron chi connectivity index (χ3n) is 8.38. The number of carboxylic acid groups (broad SMARTS) is 2. The van der Waals surface area contributed by atoms with E-state index in [9.17, 15) is 23.9 Å². The summed E-state index contributed by atoms with van der Waals surface area (Å²) in [5.41, 5.74) is 4.14. The van der Waals surface area contributed by atoms with Crippen LogP contribution in [0.3, 0.4) is 0 Å². The number of aliphatic hydroxyl groups excluding tert-OH is 2. The number of phenols is 1. The number of phenolic OH excluding ortho intramolecular Hbond substituents is 1. The molecule has 0 aliphatic carbocycles. The van der Waals surface area contributed by atoms with Crippen LogP contribution in [-0.4, -0.2) is 124 Å². The Bertz CT molecular complexity index is 1860. The van der Waals surface area contributed by atoms with Crippen molar-refractivity contribution >= 4 is 28.7 Å². The highest BCUT2D eigenvalue weighted by Gasteiger charge is 2.30. The molecule has 7 N–H and O–H groups in total. The van der Waals surface area contributed by atoms with Crippen LogP contribution in [0.1, 0.15) is 30.8 Å². The number of nitrogens with zero attached hydrogens (tertiary/aromatic N) is 4. The minimum atomic E-state index is -2.27. The number of H-pyrrole nitrogens is 2. The fraction of sp³-hybridized carbons (Fsp3) is 0.406. The Morgan fingerprint density at radius 2 is 1.78 bits per heavy atom. The Labute approximate surface area is 277 Å². The summed E-state index contributed by atoms with van der Waals surface area (Å²) in [5, 5.41) is 49.8. The number of fused-ring (bicyclic) bond motifs is 2. The molecule has 262 valence electrons. The summed E-state index contributed by atoms with van der Waals surface area (Å²) in [6.45, 7) is 7.32. The molecule has 15 nitrogen and oxygen atoms in total. The standard InChI is InChI=1S/C28H30F2N6O3.C4H6O6/c1-3-16-10-24(37)19(29)11-18(16)17-8-20(30)26-22(9-17)33-34-27(26)28-31-21-4-5-36(13-23(21)32-28)25(38)14-35-6-7-39-15(2)12-35;5-1(3(7)8)2(6)4(9)10/h8-11,15,37H,3-7,12-14H2,1-2H3,(H,31,32)(H,33,34);1-2,5-6H,(H,7,8)(H,9,10)/t15-;/m1./s1. The number of halogens is 2. The van der Waals surface area contributed by atoms with Gasteiger partial charge in [-0.05, 0) is 54.3 Å². The second-order valence-corrected chi connectivity index (χ2v) is 11.8. The predicted molar refractivity (Wildman–Crippen MR) is 168 cm³/mol. The highest BCUT2D eigenvalue weighted by Crippen LogP contribution is 2.35. The molecule has 1 amide bonds. The highest BCUT2D eigenvalue weighted by molar-refractivity contribution is 5.95. The van der Waals surface area contributed by atoms with Crippen molar-refractivity contribution < 1.29 is 53.4 Å². The van der Waals surface area contributed by atoms with Crippen molar-refractivity contribution in [3.05, 3.63) is 52.9 Å². The lowest BCUT2D eigenvalue weighted by Gasteiger charge is -2.33. The first-order chi connectivity index (χ1) is 23.3. The van der Waals surface area contributed by atoms with Crippen LogP contribution < -0.4 is 0 Å². The molecular formula is C32H36F2N6O9. The van der Waals surface area contributed by atoms with Crippen molar-refractivity contribution in [3.63, 3.8) is 0 Å². The fourth-order valence-corrected chi connectivity index (χ4v) is 5.82. The number of aromatic nitrogens is 4. The van der Waals surface area contributed by atoms with Crippen LogP contribution in [0.5, 0.6) is 5.75 Å². The molecule has 3 atom stereocenters. The lowest BCUT2D eigenvalue weighted by atomic mass is 9.96. The second kappa shape index (κ2) is 14.7. The molecule has 1 fully saturated rings.